The molecule has 1 amide bonds. The van der Waals surface area contributed by atoms with Crippen molar-refractivity contribution in [2.45, 2.75) is 63.4 Å². The van der Waals surface area contributed by atoms with Gasteiger partial charge in [0.1, 0.15) is 11.4 Å². The number of carbonyl (C=O) groups excluding carboxylic acids is 1. The van der Waals surface area contributed by atoms with Gasteiger partial charge in [0.05, 0.1) is 18.6 Å². The van der Waals surface area contributed by atoms with Crippen molar-refractivity contribution in [1.82, 2.24) is 24.4 Å². The summed E-state index contributed by atoms with van der Waals surface area (Å²) in [6.07, 6.45) is 1.05. The van der Waals surface area contributed by atoms with Gasteiger partial charge in [0.2, 0.25) is 0 Å². The van der Waals surface area contributed by atoms with E-state index in [1.807, 2.05) is 12.1 Å². The maximum atomic E-state index is 12.9. The molecule has 0 saturated heterocycles. The number of alkyl carbamates (subject to hydrolysis) is 1. The second kappa shape index (κ2) is 7.69. The third-order valence-corrected chi connectivity index (χ3v) is 7.02. The molecule has 33 heavy (non-hydrogen) atoms. The average molecular weight is 488 g/mol. The summed E-state index contributed by atoms with van der Waals surface area (Å²) in [5, 5.41) is 7.23. The molecule has 0 radical (unpaired) electrons. The third-order valence-electron chi connectivity index (χ3n) is 5.45. The van der Waals surface area contributed by atoms with Crippen molar-refractivity contribution < 1.29 is 31.1 Å². The molecule has 1 aromatic heterocycles. The number of carbonyl (C=O) groups is 1. The van der Waals surface area contributed by atoms with Crippen LogP contribution in [-0.4, -0.2) is 51.2 Å². The number of hydrogen-bond acceptors (Lipinski definition) is 6. The second-order valence-electron chi connectivity index (χ2n) is 9.15. The van der Waals surface area contributed by atoms with Crippen LogP contribution < -0.4 is 5.32 Å². The summed E-state index contributed by atoms with van der Waals surface area (Å²) < 4.78 is 69.1. The van der Waals surface area contributed by atoms with Gasteiger partial charge in [0.15, 0.2) is 5.82 Å². The highest BCUT2D eigenvalue weighted by Gasteiger charge is 2.51. The third kappa shape index (κ3) is 4.69. The number of ether oxygens (including phenoxy) is 1. The minimum atomic E-state index is -5.43. The summed E-state index contributed by atoms with van der Waals surface area (Å²) in [4.78, 5) is 16.4. The van der Waals surface area contributed by atoms with E-state index < -0.39 is 39.3 Å². The number of aromatic nitrogens is 3. The molecular formula is C20H24F3N5O4S. The number of hydrogen-bond donors (Lipinski definition) is 1. The predicted octanol–water partition coefficient (Wildman–Crippen LogP) is 3.12. The quantitative estimate of drug-likeness (QED) is 0.710. The predicted molar refractivity (Wildman–Crippen MR) is 111 cm³/mol. The molecule has 0 unspecified atom stereocenters. The molecule has 0 atom stereocenters. The average Bonchev–Trinajstić information content (AvgIpc) is 3.33. The number of halogens is 3. The lowest BCUT2D eigenvalue weighted by Gasteiger charge is -2.26. The van der Waals surface area contributed by atoms with Crippen LogP contribution >= 0.6 is 0 Å². The topological polar surface area (TPSA) is 106 Å². The van der Waals surface area contributed by atoms with Crippen LogP contribution in [0, 0.1) is 0 Å². The van der Waals surface area contributed by atoms with Crippen LogP contribution in [0.5, 0.6) is 0 Å². The molecule has 2 heterocycles. The van der Waals surface area contributed by atoms with Gasteiger partial charge in [0.25, 0.3) is 0 Å². The van der Waals surface area contributed by atoms with Gasteiger partial charge in [-0.2, -0.15) is 22.6 Å². The number of alkyl halides is 3. The minimum absolute atomic E-state index is 0.0291. The van der Waals surface area contributed by atoms with Gasteiger partial charge in [0, 0.05) is 12.1 Å². The first-order chi connectivity index (χ1) is 15.2. The largest absolute Gasteiger partial charge is 0.511 e. The van der Waals surface area contributed by atoms with Gasteiger partial charge in [-0.3, -0.25) is 0 Å². The number of amides is 1. The summed E-state index contributed by atoms with van der Waals surface area (Å²) in [5.74, 6) is 0.422. The van der Waals surface area contributed by atoms with Crippen molar-refractivity contribution in [2.24, 2.45) is 0 Å². The zero-order valence-electron chi connectivity index (χ0n) is 18.3. The Morgan fingerprint density at radius 3 is 2.30 bits per heavy atom. The maximum Gasteiger partial charge on any atom is 0.511 e. The van der Waals surface area contributed by atoms with Gasteiger partial charge in [-0.25, -0.2) is 22.9 Å². The fourth-order valence-corrected chi connectivity index (χ4v) is 4.54. The number of nitrogens with one attached hydrogen (secondary N) is 1. The van der Waals surface area contributed by atoms with E-state index in [9.17, 15) is 26.4 Å². The number of fused-ring (bicyclic) bond motifs is 1. The second-order valence-corrected chi connectivity index (χ2v) is 11.1. The van der Waals surface area contributed by atoms with Crippen LogP contribution in [0.4, 0.5) is 18.0 Å². The molecule has 1 aliphatic heterocycles. The Morgan fingerprint density at radius 2 is 1.76 bits per heavy atom. The van der Waals surface area contributed by atoms with Crippen molar-refractivity contribution in [2.75, 3.05) is 6.54 Å². The molecule has 1 N–H and O–H groups in total. The molecule has 2 aromatic rings. The lowest BCUT2D eigenvalue weighted by atomic mass is 10.0. The Morgan fingerprint density at radius 1 is 1.12 bits per heavy atom. The van der Waals surface area contributed by atoms with Crippen molar-refractivity contribution in [3.05, 3.63) is 35.7 Å². The lowest BCUT2D eigenvalue weighted by molar-refractivity contribution is -0.0496. The number of rotatable bonds is 4. The van der Waals surface area contributed by atoms with E-state index in [0.717, 1.165) is 18.4 Å². The van der Waals surface area contributed by atoms with Gasteiger partial charge in [-0.1, -0.05) is 24.3 Å². The molecule has 0 bridgehead atoms. The van der Waals surface area contributed by atoms with E-state index in [1.54, 1.807) is 32.9 Å². The van der Waals surface area contributed by atoms with Gasteiger partial charge >= 0.3 is 21.6 Å². The highest BCUT2D eigenvalue weighted by Crippen LogP contribution is 2.46. The highest BCUT2D eigenvalue weighted by molar-refractivity contribution is 7.89. The molecule has 180 valence electrons. The Bertz CT molecular complexity index is 1170. The molecule has 9 nitrogen and oxygen atoms in total. The summed E-state index contributed by atoms with van der Waals surface area (Å²) in [5.41, 5.74) is -4.94. The fourth-order valence-electron chi connectivity index (χ4n) is 3.64. The SMILES string of the molecule is CC(C)(C)OC(=O)NC1(c2ccc(-c3nc4n(n3)CCN(S(=O)(=O)C(F)(F)F)C4)cc2)CC1. The molecule has 2 aliphatic rings. The van der Waals surface area contributed by atoms with Crippen LogP contribution in [-0.2, 0) is 33.4 Å². The van der Waals surface area contributed by atoms with E-state index in [2.05, 4.69) is 15.4 Å². The smallest absolute Gasteiger partial charge is 0.444 e. The molecule has 0 spiro atoms. The minimum Gasteiger partial charge on any atom is -0.444 e. The van der Waals surface area contributed by atoms with Crippen LogP contribution in [0.3, 0.4) is 0 Å². The Kier molecular flexibility index (Phi) is 5.47. The fraction of sp³-hybridized carbons (Fsp3) is 0.550. The van der Waals surface area contributed by atoms with Crippen LogP contribution in [0.1, 0.15) is 45.0 Å². The maximum absolute atomic E-state index is 12.9. The monoisotopic (exact) mass is 487 g/mol. The van der Waals surface area contributed by atoms with Crippen LogP contribution in [0.2, 0.25) is 0 Å². The van der Waals surface area contributed by atoms with E-state index in [-0.39, 0.29) is 24.7 Å². The standard InChI is InChI=1S/C20H24F3N5O4S/c1-18(2,3)32-17(29)25-19(8-9-19)14-6-4-13(5-7-14)16-24-15-12-27(10-11-28(15)26-16)33(30,31)20(21,22)23/h4-7H,8-12H2,1-3H3,(H,25,29). The summed E-state index contributed by atoms with van der Waals surface area (Å²) in [7, 11) is -5.43. The normalized spacial score (nSPS) is 18.5. The van der Waals surface area contributed by atoms with Crippen LogP contribution in [0.15, 0.2) is 24.3 Å². The van der Waals surface area contributed by atoms with Crippen LogP contribution in [0.25, 0.3) is 11.4 Å². The zero-order valence-corrected chi connectivity index (χ0v) is 19.1. The summed E-state index contributed by atoms with van der Waals surface area (Å²) >= 11 is 0. The molecule has 1 saturated carbocycles. The number of sulfonamides is 1. The van der Waals surface area contributed by atoms with E-state index in [0.29, 0.717) is 9.87 Å². The van der Waals surface area contributed by atoms with E-state index >= 15 is 0 Å². The van der Waals surface area contributed by atoms with Gasteiger partial charge in [-0.05, 0) is 39.2 Å². The molecule has 13 heteroatoms. The number of benzene rings is 1. The molecule has 4 rings (SSSR count). The van der Waals surface area contributed by atoms with Gasteiger partial charge in [-0.15, -0.1) is 0 Å². The van der Waals surface area contributed by atoms with E-state index in [1.165, 1.54) is 4.68 Å². The first-order valence-electron chi connectivity index (χ1n) is 10.3. The molecular weight excluding hydrogens is 463 g/mol. The van der Waals surface area contributed by atoms with Crippen molar-refractivity contribution in [3.8, 4) is 11.4 Å². The zero-order chi connectivity index (χ0) is 24.2. The Balaban J connectivity index is 1.49. The van der Waals surface area contributed by atoms with Crippen molar-refractivity contribution in [3.63, 3.8) is 0 Å². The Hall–Kier alpha value is -2.67. The van der Waals surface area contributed by atoms with Gasteiger partial charge < -0.3 is 10.1 Å². The molecule has 1 aliphatic carbocycles. The summed E-state index contributed by atoms with van der Waals surface area (Å²) in [6, 6.07) is 7.19. The van der Waals surface area contributed by atoms with E-state index in [4.69, 9.17) is 4.74 Å². The lowest BCUT2D eigenvalue weighted by Crippen LogP contribution is -2.44. The summed E-state index contributed by atoms with van der Waals surface area (Å²) in [6.45, 7) is 4.49. The highest BCUT2D eigenvalue weighted by atomic mass is 32.2. The first kappa shape index (κ1) is 23.5. The van der Waals surface area contributed by atoms with Crippen molar-refractivity contribution in [1.29, 1.82) is 0 Å². The first-order valence-corrected chi connectivity index (χ1v) is 11.8. The Labute approximate surface area is 189 Å². The molecule has 1 aromatic carbocycles. The van der Waals surface area contributed by atoms with Crippen molar-refractivity contribution >= 4 is 16.1 Å². The molecule has 1 fully saturated rings. The number of nitrogens with zero attached hydrogens (tertiary/aromatic N) is 4.